The van der Waals surface area contributed by atoms with Gasteiger partial charge in [0.05, 0.1) is 5.56 Å². The van der Waals surface area contributed by atoms with Gasteiger partial charge >= 0.3 is 0 Å². The van der Waals surface area contributed by atoms with Crippen LogP contribution in [0.1, 0.15) is 35.3 Å². The summed E-state index contributed by atoms with van der Waals surface area (Å²) in [6.07, 6.45) is 5.96. The molecule has 0 aliphatic rings. The third-order valence-corrected chi connectivity index (χ3v) is 4.15. The summed E-state index contributed by atoms with van der Waals surface area (Å²) in [6, 6.07) is 10.2. The third-order valence-electron chi connectivity index (χ3n) is 4.15. The maximum absolute atomic E-state index is 12.5. The summed E-state index contributed by atoms with van der Waals surface area (Å²) in [4.78, 5) is 12.5. The van der Waals surface area contributed by atoms with Crippen LogP contribution in [0, 0.1) is 0 Å². The second-order valence-corrected chi connectivity index (χ2v) is 6.83. The van der Waals surface area contributed by atoms with Crippen LogP contribution in [0.15, 0.2) is 54.1 Å². The molecule has 2 aromatic rings. The molecule has 160 valence electrons. The maximum atomic E-state index is 12.5. The summed E-state index contributed by atoms with van der Waals surface area (Å²) >= 11 is 0. The lowest BCUT2D eigenvalue weighted by atomic mass is 10.0. The molecule has 6 heteroatoms. The number of benzene rings is 2. The zero-order valence-corrected chi connectivity index (χ0v) is 17.8. The van der Waals surface area contributed by atoms with E-state index in [-0.39, 0.29) is 30.7 Å². The number of hydrogen-bond acceptors (Lipinski definition) is 6. The van der Waals surface area contributed by atoms with Gasteiger partial charge in [-0.1, -0.05) is 23.8 Å². The summed E-state index contributed by atoms with van der Waals surface area (Å²) in [7, 11) is 3.08. The van der Waals surface area contributed by atoms with E-state index >= 15 is 0 Å². The van der Waals surface area contributed by atoms with Gasteiger partial charge in [-0.15, -0.1) is 0 Å². The number of ketones is 1. The SMILES string of the molecule is COCOc1ccc(C(=O)/C=C/c2ccc(OCOC)c(CC=C(C)C)c2)c(O)c1. The molecule has 0 aromatic heterocycles. The van der Waals surface area contributed by atoms with E-state index in [1.54, 1.807) is 19.3 Å². The van der Waals surface area contributed by atoms with Crippen molar-refractivity contribution < 1.29 is 28.8 Å². The number of allylic oxidation sites excluding steroid dienone is 3. The Labute approximate surface area is 177 Å². The Kier molecular flexibility index (Phi) is 9.12. The summed E-state index contributed by atoms with van der Waals surface area (Å²) < 4.78 is 20.7. The van der Waals surface area contributed by atoms with Crippen molar-refractivity contribution in [1.82, 2.24) is 0 Å². The Bertz CT molecular complexity index is 910. The fourth-order valence-corrected chi connectivity index (χ4v) is 2.64. The highest BCUT2D eigenvalue weighted by Crippen LogP contribution is 2.26. The number of methoxy groups -OCH3 is 2. The number of phenols is 1. The minimum atomic E-state index is -0.309. The summed E-state index contributed by atoms with van der Waals surface area (Å²) in [5.74, 6) is 0.703. The monoisotopic (exact) mass is 412 g/mol. The van der Waals surface area contributed by atoms with Crippen molar-refractivity contribution >= 4 is 11.9 Å². The first-order valence-corrected chi connectivity index (χ1v) is 9.49. The molecule has 0 aliphatic carbocycles. The highest BCUT2D eigenvalue weighted by Gasteiger charge is 2.10. The molecule has 2 rings (SSSR count). The molecule has 0 unspecified atom stereocenters. The number of rotatable bonds is 11. The molecule has 0 aliphatic heterocycles. The number of carbonyl (C=O) groups excluding carboxylic acids is 1. The van der Waals surface area contributed by atoms with Crippen LogP contribution in [-0.4, -0.2) is 38.7 Å². The van der Waals surface area contributed by atoms with Crippen LogP contribution in [0.4, 0.5) is 0 Å². The van der Waals surface area contributed by atoms with E-state index in [1.807, 2.05) is 32.0 Å². The molecule has 6 nitrogen and oxygen atoms in total. The Morgan fingerprint density at radius 2 is 1.73 bits per heavy atom. The Hall–Kier alpha value is -3.09. The van der Waals surface area contributed by atoms with Gasteiger partial charge in [0.2, 0.25) is 0 Å². The van der Waals surface area contributed by atoms with Crippen molar-refractivity contribution in [2.75, 3.05) is 27.8 Å². The first-order chi connectivity index (χ1) is 14.4. The minimum absolute atomic E-state index is 0.0613. The first kappa shape index (κ1) is 23.2. The van der Waals surface area contributed by atoms with Crippen molar-refractivity contribution in [3.63, 3.8) is 0 Å². The van der Waals surface area contributed by atoms with Crippen molar-refractivity contribution in [2.24, 2.45) is 0 Å². The van der Waals surface area contributed by atoms with Crippen LogP contribution in [0.3, 0.4) is 0 Å². The van der Waals surface area contributed by atoms with Gasteiger partial charge in [0.1, 0.15) is 17.2 Å². The number of aromatic hydroxyl groups is 1. The minimum Gasteiger partial charge on any atom is -0.507 e. The van der Waals surface area contributed by atoms with Gasteiger partial charge in [-0.25, -0.2) is 0 Å². The zero-order chi connectivity index (χ0) is 21.9. The summed E-state index contributed by atoms with van der Waals surface area (Å²) in [5.41, 5.74) is 3.24. The number of phenolic OH excluding ortho intramolecular Hbond substituents is 1. The highest BCUT2D eigenvalue weighted by atomic mass is 16.7. The average Bonchev–Trinajstić information content (AvgIpc) is 2.73. The average molecular weight is 412 g/mol. The van der Waals surface area contributed by atoms with Crippen molar-refractivity contribution in [3.8, 4) is 17.2 Å². The predicted octanol–water partition coefficient (Wildman–Crippen LogP) is 4.76. The van der Waals surface area contributed by atoms with Crippen LogP contribution in [0.25, 0.3) is 6.08 Å². The van der Waals surface area contributed by atoms with Gasteiger partial charge < -0.3 is 24.1 Å². The van der Waals surface area contributed by atoms with Gasteiger partial charge in [0.15, 0.2) is 19.4 Å². The molecule has 30 heavy (non-hydrogen) atoms. The maximum Gasteiger partial charge on any atom is 0.189 e. The molecule has 0 fully saturated rings. The largest absolute Gasteiger partial charge is 0.507 e. The summed E-state index contributed by atoms with van der Waals surface area (Å²) in [6.45, 7) is 4.30. The standard InChI is InChI=1S/C24H28O6/c1-17(2)5-8-19-13-18(7-12-24(19)30-16-28-4)6-11-22(25)21-10-9-20(14-23(21)26)29-15-27-3/h5-7,9-14,26H,8,15-16H2,1-4H3/b11-6+. The molecule has 0 heterocycles. The normalized spacial score (nSPS) is 10.8. The van der Waals surface area contributed by atoms with Gasteiger partial charge in [-0.05, 0) is 61.7 Å². The lowest BCUT2D eigenvalue weighted by Gasteiger charge is -2.11. The summed E-state index contributed by atoms with van der Waals surface area (Å²) in [5, 5.41) is 10.1. The molecule has 0 saturated heterocycles. The van der Waals surface area contributed by atoms with Gasteiger partial charge in [-0.3, -0.25) is 4.79 Å². The Morgan fingerprint density at radius 3 is 2.40 bits per heavy atom. The van der Waals surface area contributed by atoms with E-state index in [9.17, 15) is 9.90 Å². The molecule has 0 atom stereocenters. The predicted molar refractivity (Wildman–Crippen MR) is 116 cm³/mol. The van der Waals surface area contributed by atoms with Crippen LogP contribution < -0.4 is 9.47 Å². The van der Waals surface area contributed by atoms with Crippen molar-refractivity contribution in [3.05, 3.63) is 70.8 Å². The molecular weight excluding hydrogens is 384 g/mol. The molecule has 0 radical (unpaired) electrons. The molecule has 1 N–H and O–H groups in total. The van der Waals surface area contributed by atoms with E-state index in [2.05, 4.69) is 6.08 Å². The molecule has 0 spiro atoms. The Morgan fingerprint density at radius 1 is 1.00 bits per heavy atom. The fraction of sp³-hybridized carbons (Fsp3) is 0.292. The Balaban J connectivity index is 2.18. The highest BCUT2D eigenvalue weighted by molar-refractivity contribution is 6.08. The molecule has 0 amide bonds. The molecule has 0 saturated carbocycles. The quantitative estimate of drug-likeness (QED) is 0.248. The van der Waals surface area contributed by atoms with Gasteiger partial charge in [0, 0.05) is 20.3 Å². The van der Waals surface area contributed by atoms with E-state index in [0.29, 0.717) is 12.2 Å². The molecular formula is C24H28O6. The number of hydrogen-bond donors (Lipinski definition) is 1. The van der Waals surface area contributed by atoms with Crippen LogP contribution in [0.5, 0.6) is 17.2 Å². The second kappa shape index (κ2) is 11.8. The second-order valence-electron chi connectivity index (χ2n) is 6.83. The first-order valence-electron chi connectivity index (χ1n) is 9.49. The molecule has 2 aromatic carbocycles. The number of ether oxygens (including phenoxy) is 4. The lowest BCUT2D eigenvalue weighted by Crippen LogP contribution is -2.02. The van der Waals surface area contributed by atoms with Crippen LogP contribution >= 0.6 is 0 Å². The third kappa shape index (κ3) is 7.06. The van der Waals surface area contributed by atoms with Gasteiger partial charge in [-0.2, -0.15) is 0 Å². The fourth-order valence-electron chi connectivity index (χ4n) is 2.64. The lowest BCUT2D eigenvalue weighted by molar-refractivity contribution is 0.0504. The van der Waals surface area contributed by atoms with Crippen LogP contribution in [-0.2, 0) is 15.9 Å². The van der Waals surface area contributed by atoms with E-state index < -0.39 is 0 Å². The van der Waals surface area contributed by atoms with E-state index in [4.69, 9.17) is 18.9 Å². The van der Waals surface area contributed by atoms with E-state index in [0.717, 1.165) is 16.9 Å². The van der Waals surface area contributed by atoms with Crippen molar-refractivity contribution in [2.45, 2.75) is 20.3 Å². The smallest absolute Gasteiger partial charge is 0.189 e. The van der Waals surface area contributed by atoms with E-state index in [1.165, 1.54) is 30.9 Å². The van der Waals surface area contributed by atoms with Gasteiger partial charge in [0.25, 0.3) is 0 Å². The number of carbonyl (C=O) groups is 1. The molecule has 0 bridgehead atoms. The topological polar surface area (TPSA) is 74.2 Å². The van der Waals surface area contributed by atoms with Crippen molar-refractivity contribution in [1.29, 1.82) is 0 Å². The zero-order valence-electron chi connectivity index (χ0n) is 17.8. The van der Waals surface area contributed by atoms with Crippen LogP contribution in [0.2, 0.25) is 0 Å².